The van der Waals surface area contributed by atoms with Crippen LogP contribution in [0.2, 0.25) is 0 Å². The molecule has 1 atom stereocenters. The van der Waals surface area contributed by atoms with Gasteiger partial charge in [-0.05, 0) is 77.8 Å². The minimum Gasteiger partial charge on any atom is -0.0988 e. The van der Waals surface area contributed by atoms with Gasteiger partial charge in [0.15, 0.2) is 0 Å². The van der Waals surface area contributed by atoms with Crippen molar-refractivity contribution in [2.45, 2.75) is 58.8 Å². The summed E-state index contributed by atoms with van der Waals surface area (Å²) < 4.78 is 1.19. The van der Waals surface area contributed by atoms with Crippen LogP contribution >= 0.6 is 15.9 Å². The molecule has 2 rings (SSSR count). The van der Waals surface area contributed by atoms with Crippen molar-refractivity contribution in [2.24, 2.45) is 5.41 Å². The van der Waals surface area contributed by atoms with Crippen LogP contribution in [0, 0.1) is 5.41 Å². The first-order valence-electron chi connectivity index (χ1n) is 8.55. The molecule has 124 valence electrons. The first-order chi connectivity index (χ1) is 10.8. The average Bonchev–Trinajstić information content (AvgIpc) is 2.75. The van der Waals surface area contributed by atoms with Crippen LogP contribution in [0.4, 0.5) is 0 Å². The molecule has 0 saturated carbocycles. The molecule has 23 heavy (non-hydrogen) atoms. The summed E-state index contributed by atoms with van der Waals surface area (Å²) in [6.45, 7) is 17.2. The Morgan fingerprint density at radius 3 is 2.52 bits per heavy atom. The van der Waals surface area contributed by atoms with Gasteiger partial charge in [-0.15, -0.1) is 0 Å². The van der Waals surface area contributed by atoms with Gasteiger partial charge >= 0.3 is 0 Å². The highest BCUT2D eigenvalue weighted by Crippen LogP contribution is 2.56. The van der Waals surface area contributed by atoms with Crippen LogP contribution in [-0.2, 0) is 11.8 Å². The van der Waals surface area contributed by atoms with E-state index in [2.05, 4.69) is 75.0 Å². The number of hydrogen-bond donors (Lipinski definition) is 0. The number of halogens is 1. The molecule has 1 aliphatic rings. The summed E-state index contributed by atoms with van der Waals surface area (Å²) in [5, 5.41) is 0. The average molecular weight is 373 g/mol. The Morgan fingerprint density at radius 2 is 1.96 bits per heavy atom. The van der Waals surface area contributed by atoms with Gasteiger partial charge in [0.1, 0.15) is 0 Å². The second-order valence-corrected chi connectivity index (χ2v) is 8.27. The van der Waals surface area contributed by atoms with Gasteiger partial charge in [-0.2, -0.15) is 0 Å². The highest BCUT2D eigenvalue weighted by molar-refractivity contribution is 9.10. The lowest BCUT2D eigenvalue weighted by atomic mass is 9.62. The van der Waals surface area contributed by atoms with Crippen molar-refractivity contribution >= 4 is 15.9 Å². The number of benzene rings is 1. The molecule has 1 aromatic rings. The van der Waals surface area contributed by atoms with Crippen molar-refractivity contribution in [3.63, 3.8) is 0 Å². The van der Waals surface area contributed by atoms with Crippen molar-refractivity contribution < 1.29 is 0 Å². The molecule has 0 saturated heterocycles. The van der Waals surface area contributed by atoms with E-state index in [1.807, 2.05) is 12.2 Å². The number of rotatable bonds is 6. The molecule has 0 aromatic heterocycles. The molecule has 1 unspecified atom stereocenters. The van der Waals surface area contributed by atoms with E-state index < -0.39 is 0 Å². The molecular weight excluding hydrogens is 344 g/mol. The minimum atomic E-state index is 0.190. The lowest BCUT2D eigenvalue weighted by Gasteiger charge is -2.42. The molecule has 1 heteroatoms. The van der Waals surface area contributed by atoms with Gasteiger partial charge in [-0.25, -0.2) is 0 Å². The molecule has 0 spiro atoms. The van der Waals surface area contributed by atoms with Crippen molar-refractivity contribution in [2.75, 3.05) is 0 Å². The van der Waals surface area contributed by atoms with Crippen LogP contribution in [0.1, 0.15) is 58.1 Å². The Kier molecular flexibility index (Phi) is 5.41. The van der Waals surface area contributed by atoms with E-state index in [0.717, 1.165) is 6.42 Å². The summed E-state index contributed by atoms with van der Waals surface area (Å²) in [5.74, 6) is 0. The second kappa shape index (κ2) is 6.81. The number of allylic oxidation sites excluding steroid dienone is 4. The van der Waals surface area contributed by atoms with E-state index >= 15 is 0 Å². The minimum absolute atomic E-state index is 0.190. The first kappa shape index (κ1) is 18.3. The van der Waals surface area contributed by atoms with Crippen molar-refractivity contribution in [1.29, 1.82) is 0 Å². The predicted octanol–water partition coefficient (Wildman–Crippen LogP) is 7.15. The van der Waals surface area contributed by atoms with E-state index in [4.69, 9.17) is 0 Å². The summed E-state index contributed by atoms with van der Waals surface area (Å²) in [6.07, 6.45) is 8.59. The van der Waals surface area contributed by atoms with E-state index in [9.17, 15) is 0 Å². The fourth-order valence-electron chi connectivity index (χ4n) is 4.27. The molecule has 1 aliphatic carbocycles. The summed E-state index contributed by atoms with van der Waals surface area (Å²) in [7, 11) is 0. The highest BCUT2D eigenvalue weighted by atomic mass is 79.9. The zero-order valence-electron chi connectivity index (χ0n) is 15.0. The molecule has 1 aromatic carbocycles. The van der Waals surface area contributed by atoms with Crippen LogP contribution in [0.5, 0.6) is 0 Å². The first-order valence-corrected chi connectivity index (χ1v) is 9.34. The van der Waals surface area contributed by atoms with E-state index in [1.54, 1.807) is 0 Å². The van der Waals surface area contributed by atoms with Crippen LogP contribution in [0.3, 0.4) is 0 Å². The van der Waals surface area contributed by atoms with Gasteiger partial charge in [0.2, 0.25) is 0 Å². The third-order valence-electron chi connectivity index (χ3n) is 6.21. The summed E-state index contributed by atoms with van der Waals surface area (Å²) in [5.41, 5.74) is 6.12. The van der Waals surface area contributed by atoms with E-state index in [1.165, 1.54) is 46.0 Å². The smallest absolute Gasteiger partial charge is 0.0178 e. The Balaban J connectivity index is 2.36. The predicted molar refractivity (Wildman–Crippen MR) is 106 cm³/mol. The Hall–Kier alpha value is -1.08. The number of hydrogen-bond acceptors (Lipinski definition) is 0. The Bertz CT molecular complexity index is 648. The zero-order chi connectivity index (χ0) is 17.3. The van der Waals surface area contributed by atoms with Crippen LogP contribution in [0.25, 0.3) is 0 Å². The molecular formula is C22H29Br. The fraction of sp³-hybridized carbons (Fsp3) is 0.455. The molecule has 0 amide bonds. The SMILES string of the molecule is C=C/C(C)=C(\C=C)CCC1(CC)Cc2ccc(Br)cc2C1(C)C. The monoisotopic (exact) mass is 372 g/mol. The topological polar surface area (TPSA) is 0 Å². The fourth-order valence-corrected chi connectivity index (χ4v) is 4.63. The maximum absolute atomic E-state index is 4.00. The van der Waals surface area contributed by atoms with Crippen LogP contribution < -0.4 is 0 Å². The standard InChI is InChI=1S/C22H29Br/c1-7-16(4)17(8-2)12-13-22(9-3)15-18-10-11-19(23)14-20(18)21(22,5)6/h7-8,10-11,14H,1-2,9,12-13,15H2,3-6H3/b17-16+. The van der Waals surface area contributed by atoms with Crippen molar-refractivity contribution in [3.8, 4) is 0 Å². The van der Waals surface area contributed by atoms with Crippen LogP contribution in [-0.4, -0.2) is 0 Å². The van der Waals surface area contributed by atoms with Gasteiger partial charge in [-0.1, -0.05) is 68.1 Å². The van der Waals surface area contributed by atoms with Gasteiger partial charge in [-0.3, -0.25) is 0 Å². The lowest BCUT2D eigenvalue weighted by molar-refractivity contribution is 0.145. The van der Waals surface area contributed by atoms with Gasteiger partial charge < -0.3 is 0 Å². The Morgan fingerprint density at radius 1 is 1.26 bits per heavy atom. The lowest BCUT2D eigenvalue weighted by Crippen LogP contribution is -2.37. The molecule has 0 aliphatic heterocycles. The van der Waals surface area contributed by atoms with Crippen LogP contribution in [0.15, 0.2) is 59.1 Å². The second-order valence-electron chi connectivity index (χ2n) is 7.35. The quantitative estimate of drug-likeness (QED) is 0.465. The van der Waals surface area contributed by atoms with Gasteiger partial charge in [0, 0.05) is 4.47 Å². The maximum atomic E-state index is 4.00. The largest absolute Gasteiger partial charge is 0.0988 e. The molecule has 0 nitrogen and oxygen atoms in total. The zero-order valence-corrected chi connectivity index (χ0v) is 16.6. The van der Waals surface area contributed by atoms with Gasteiger partial charge in [0.25, 0.3) is 0 Å². The molecule has 0 bridgehead atoms. The van der Waals surface area contributed by atoms with E-state index in [-0.39, 0.29) is 5.41 Å². The van der Waals surface area contributed by atoms with Crippen molar-refractivity contribution in [1.82, 2.24) is 0 Å². The Labute approximate surface area is 150 Å². The van der Waals surface area contributed by atoms with Gasteiger partial charge in [0.05, 0.1) is 0 Å². The molecule has 0 fully saturated rings. The normalized spacial score (nSPS) is 23.2. The third-order valence-corrected chi connectivity index (χ3v) is 6.70. The third kappa shape index (κ3) is 3.13. The molecule has 0 radical (unpaired) electrons. The van der Waals surface area contributed by atoms with Crippen molar-refractivity contribution in [3.05, 3.63) is 70.3 Å². The van der Waals surface area contributed by atoms with E-state index in [0.29, 0.717) is 5.41 Å². The highest BCUT2D eigenvalue weighted by Gasteiger charge is 2.50. The molecule has 0 heterocycles. The summed E-state index contributed by atoms with van der Waals surface area (Å²) in [4.78, 5) is 0. The summed E-state index contributed by atoms with van der Waals surface area (Å²) in [6, 6.07) is 6.81. The molecule has 0 N–H and O–H groups in total. The maximum Gasteiger partial charge on any atom is 0.0178 e. The number of fused-ring (bicyclic) bond motifs is 1. The summed E-state index contributed by atoms with van der Waals surface area (Å²) >= 11 is 3.65.